The molecule has 1 amide bonds. The van der Waals surface area contributed by atoms with E-state index < -0.39 is 0 Å². The number of hydrogen-bond acceptors (Lipinski definition) is 3. The summed E-state index contributed by atoms with van der Waals surface area (Å²) >= 11 is 7.63. The van der Waals surface area contributed by atoms with Gasteiger partial charge in [-0.25, -0.2) is 0 Å². The summed E-state index contributed by atoms with van der Waals surface area (Å²) in [4.78, 5) is 13.2. The Morgan fingerprint density at radius 1 is 1.38 bits per heavy atom. The Morgan fingerprint density at radius 3 is 2.95 bits per heavy atom. The third-order valence-electron chi connectivity index (χ3n) is 3.68. The molecule has 1 atom stereocenters. The maximum Gasteiger partial charge on any atom is 0.251 e. The number of carbonyl (C=O) groups is 1. The summed E-state index contributed by atoms with van der Waals surface area (Å²) in [6.45, 7) is 3.65. The molecule has 0 spiro atoms. The van der Waals surface area contributed by atoms with Gasteiger partial charge in [0.2, 0.25) is 0 Å². The number of fused-ring (bicyclic) bond motifs is 1. The number of hydrogen-bond donors (Lipinski definition) is 2. The second kappa shape index (κ2) is 6.18. The molecule has 110 valence electrons. The van der Waals surface area contributed by atoms with Crippen LogP contribution in [-0.2, 0) is 6.42 Å². The molecule has 0 saturated carbocycles. The molecule has 0 fully saturated rings. The first-order valence-corrected chi connectivity index (χ1v) is 8.28. The fraction of sp³-hybridized carbons (Fsp3) is 0.312. The lowest BCUT2D eigenvalue weighted by Gasteiger charge is -2.21. The summed E-state index contributed by atoms with van der Waals surface area (Å²) < 4.78 is 0.781. The average Bonchev–Trinajstić information content (AvgIpc) is 2.91. The van der Waals surface area contributed by atoms with Gasteiger partial charge in [-0.3, -0.25) is 4.79 Å². The predicted molar refractivity (Wildman–Crippen MR) is 87.3 cm³/mol. The maximum atomic E-state index is 12.0. The van der Waals surface area contributed by atoms with Crippen LogP contribution in [0.1, 0.15) is 39.3 Å². The number of halogens is 1. The Hall–Kier alpha value is -1.36. The first kappa shape index (κ1) is 14.6. The van der Waals surface area contributed by atoms with Gasteiger partial charge in [0.15, 0.2) is 0 Å². The first-order valence-electron chi connectivity index (χ1n) is 7.08. The van der Waals surface area contributed by atoms with Gasteiger partial charge in [0.1, 0.15) is 0 Å². The monoisotopic (exact) mass is 320 g/mol. The fourth-order valence-electron chi connectivity index (χ4n) is 2.68. The molecule has 1 aromatic carbocycles. The van der Waals surface area contributed by atoms with E-state index in [1.807, 2.05) is 18.2 Å². The standard InChI is InChI=1S/C16H17ClN2OS/c1-2-18-15(13-5-6-14(17)21-13)11-4-3-10-7-8-19-16(20)12(10)9-11/h3-6,9,15,18H,2,7-8H2,1H3,(H,19,20). The van der Waals surface area contributed by atoms with Crippen molar-refractivity contribution in [2.45, 2.75) is 19.4 Å². The number of thiophene rings is 1. The smallest absolute Gasteiger partial charge is 0.251 e. The molecular weight excluding hydrogens is 304 g/mol. The summed E-state index contributed by atoms with van der Waals surface area (Å²) in [6.07, 6.45) is 0.901. The Labute approximate surface area is 133 Å². The Morgan fingerprint density at radius 2 is 2.24 bits per heavy atom. The van der Waals surface area contributed by atoms with Crippen LogP contribution in [0.15, 0.2) is 30.3 Å². The molecule has 0 aliphatic carbocycles. The third kappa shape index (κ3) is 2.98. The highest BCUT2D eigenvalue weighted by Gasteiger charge is 2.21. The molecular formula is C16H17ClN2OS. The van der Waals surface area contributed by atoms with Crippen molar-refractivity contribution >= 4 is 28.8 Å². The van der Waals surface area contributed by atoms with Crippen LogP contribution in [-0.4, -0.2) is 19.0 Å². The third-order valence-corrected chi connectivity index (χ3v) is 4.97. The molecule has 0 bridgehead atoms. The average molecular weight is 321 g/mol. The van der Waals surface area contributed by atoms with Gasteiger partial charge in [0.25, 0.3) is 5.91 Å². The van der Waals surface area contributed by atoms with Gasteiger partial charge in [0, 0.05) is 17.0 Å². The van der Waals surface area contributed by atoms with Crippen LogP contribution in [0.5, 0.6) is 0 Å². The van der Waals surface area contributed by atoms with Crippen molar-refractivity contribution in [3.63, 3.8) is 0 Å². The van der Waals surface area contributed by atoms with E-state index in [2.05, 4.69) is 29.7 Å². The lowest BCUT2D eigenvalue weighted by Crippen LogP contribution is -2.32. The van der Waals surface area contributed by atoms with Crippen molar-refractivity contribution in [1.82, 2.24) is 10.6 Å². The molecule has 21 heavy (non-hydrogen) atoms. The van der Waals surface area contributed by atoms with E-state index in [4.69, 9.17) is 11.6 Å². The van der Waals surface area contributed by atoms with Gasteiger partial charge >= 0.3 is 0 Å². The Bertz CT molecular complexity index is 668. The van der Waals surface area contributed by atoms with Crippen molar-refractivity contribution in [3.05, 3.63) is 56.2 Å². The lowest BCUT2D eigenvalue weighted by atomic mass is 9.94. The number of benzene rings is 1. The molecule has 1 aromatic heterocycles. The zero-order valence-corrected chi connectivity index (χ0v) is 13.4. The van der Waals surface area contributed by atoms with E-state index in [1.54, 1.807) is 11.3 Å². The van der Waals surface area contributed by atoms with Gasteiger partial charge < -0.3 is 10.6 Å². The molecule has 1 aliphatic heterocycles. The molecule has 5 heteroatoms. The predicted octanol–water partition coefficient (Wildman–Crippen LogP) is 3.39. The van der Waals surface area contributed by atoms with Gasteiger partial charge in [-0.05, 0) is 42.3 Å². The molecule has 2 aromatic rings. The van der Waals surface area contributed by atoms with Crippen molar-refractivity contribution in [2.75, 3.05) is 13.1 Å². The summed E-state index contributed by atoms with van der Waals surface area (Å²) in [7, 11) is 0. The van der Waals surface area contributed by atoms with Crippen LogP contribution in [0.4, 0.5) is 0 Å². The highest BCUT2D eigenvalue weighted by molar-refractivity contribution is 7.16. The molecule has 1 aliphatic rings. The minimum atomic E-state index is 0.0255. The zero-order chi connectivity index (χ0) is 14.8. The minimum absolute atomic E-state index is 0.0255. The van der Waals surface area contributed by atoms with E-state index in [0.29, 0.717) is 0 Å². The maximum absolute atomic E-state index is 12.0. The van der Waals surface area contributed by atoms with Crippen LogP contribution < -0.4 is 10.6 Å². The molecule has 3 nitrogen and oxygen atoms in total. The fourth-order valence-corrected chi connectivity index (χ4v) is 3.84. The molecule has 0 radical (unpaired) electrons. The number of carbonyl (C=O) groups excluding carboxylic acids is 1. The minimum Gasteiger partial charge on any atom is -0.352 e. The Balaban J connectivity index is 2.00. The summed E-state index contributed by atoms with van der Waals surface area (Å²) in [5.41, 5.74) is 3.03. The van der Waals surface area contributed by atoms with Crippen LogP contribution in [0.3, 0.4) is 0 Å². The van der Waals surface area contributed by atoms with Gasteiger partial charge in [-0.2, -0.15) is 0 Å². The van der Waals surface area contributed by atoms with Crippen molar-refractivity contribution < 1.29 is 4.79 Å². The van der Waals surface area contributed by atoms with E-state index in [-0.39, 0.29) is 11.9 Å². The molecule has 1 unspecified atom stereocenters. The number of amides is 1. The van der Waals surface area contributed by atoms with E-state index >= 15 is 0 Å². The number of rotatable bonds is 4. The zero-order valence-electron chi connectivity index (χ0n) is 11.8. The van der Waals surface area contributed by atoms with Crippen molar-refractivity contribution in [1.29, 1.82) is 0 Å². The SMILES string of the molecule is CCNC(c1ccc2c(c1)C(=O)NCC2)c1ccc(Cl)s1. The second-order valence-electron chi connectivity index (χ2n) is 5.06. The summed E-state index contributed by atoms with van der Waals surface area (Å²) in [5.74, 6) is 0.0255. The second-order valence-corrected chi connectivity index (χ2v) is 6.80. The van der Waals surface area contributed by atoms with Crippen molar-refractivity contribution in [2.24, 2.45) is 0 Å². The van der Waals surface area contributed by atoms with Gasteiger partial charge in [-0.1, -0.05) is 30.7 Å². The quantitative estimate of drug-likeness (QED) is 0.906. The van der Waals surface area contributed by atoms with Crippen LogP contribution in [0, 0.1) is 0 Å². The molecule has 0 saturated heterocycles. The van der Waals surface area contributed by atoms with E-state index in [9.17, 15) is 4.79 Å². The van der Waals surface area contributed by atoms with Crippen LogP contribution >= 0.6 is 22.9 Å². The van der Waals surface area contributed by atoms with E-state index in [0.717, 1.165) is 45.4 Å². The molecule has 3 rings (SSSR count). The van der Waals surface area contributed by atoms with E-state index in [1.165, 1.54) is 0 Å². The van der Waals surface area contributed by atoms with Gasteiger partial charge in [-0.15, -0.1) is 11.3 Å². The topological polar surface area (TPSA) is 41.1 Å². The van der Waals surface area contributed by atoms with Crippen LogP contribution in [0.2, 0.25) is 4.34 Å². The summed E-state index contributed by atoms with van der Waals surface area (Å²) in [6, 6.07) is 10.2. The lowest BCUT2D eigenvalue weighted by molar-refractivity contribution is 0.0946. The van der Waals surface area contributed by atoms with Gasteiger partial charge in [0.05, 0.1) is 10.4 Å². The van der Waals surface area contributed by atoms with Crippen LogP contribution in [0.25, 0.3) is 0 Å². The molecule has 2 N–H and O–H groups in total. The van der Waals surface area contributed by atoms with Crippen molar-refractivity contribution in [3.8, 4) is 0 Å². The largest absolute Gasteiger partial charge is 0.352 e. The Kier molecular flexibility index (Phi) is 4.29. The highest BCUT2D eigenvalue weighted by Crippen LogP contribution is 2.32. The number of nitrogens with one attached hydrogen (secondary N) is 2. The summed E-state index contributed by atoms with van der Waals surface area (Å²) in [5, 5.41) is 6.37. The first-order chi connectivity index (χ1) is 10.2. The molecule has 2 heterocycles. The normalized spacial score (nSPS) is 15.4. The highest BCUT2D eigenvalue weighted by atomic mass is 35.5.